The molecule has 0 amide bonds. The average molecular weight is 320 g/mol. The molecular weight excluding hydrogens is 308 g/mol. The minimum atomic E-state index is 0.391. The third kappa shape index (κ3) is 1.69. The molecule has 5 rings (SSSR count). The van der Waals surface area contributed by atoms with Crippen molar-refractivity contribution in [3.05, 3.63) is 48.7 Å². The van der Waals surface area contributed by atoms with Crippen molar-refractivity contribution in [3.63, 3.8) is 0 Å². The molecule has 0 bridgehead atoms. The zero-order chi connectivity index (χ0) is 16.1. The maximum Gasteiger partial charge on any atom is 0.259 e. The lowest BCUT2D eigenvalue weighted by Gasteiger charge is -2.06. The summed E-state index contributed by atoms with van der Waals surface area (Å²) >= 11 is 0. The van der Waals surface area contributed by atoms with Gasteiger partial charge >= 0.3 is 0 Å². The van der Waals surface area contributed by atoms with Crippen molar-refractivity contribution in [2.45, 2.75) is 6.61 Å². The number of hydrogen-bond acceptors (Lipinski definition) is 6. The van der Waals surface area contributed by atoms with E-state index in [1.54, 1.807) is 30.5 Å². The average Bonchev–Trinajstić information content (AvgIpc) is 3.33. The molecule has 0 N–H and O–H groups in total. The first kappa shape index (κ1) is 13.1. The molecule has 0 atom stereocenters. The predicted octanol–water partition coefficient (Wildman–Crippen LogP) is 1.26. The zero-order valence-corrected chi connectivity index (χ0v) is 12.7. The smallest absolute Gasteiger partial charge is 0.259 e. The molecule has 0 aliphatic rings. The molecule has 0 aliphatic heterocycles. The number of hydrogen-bond donors (Lipinski definition) is 0. The van der Waals surface area contributed by atoms with Gasteiger partial charge in [0.2, 0.25) is 0 Å². The summed E-state index contributed by atoms with van der Waals surface area (Å²) < 4.78 is 10.6. The van der Waals surface area contributed by atoms with Gasteiger partial charge in [-0.05, 0) is 12.1 Å². The monoisotopic (exact) mass is 320 g/mol. The van der Waals surface area contributed by atoms with Gasteiger partial charge in [-0.25, -0.2) is 9.38 Å². The van der Waals surface area contributed by atoms with E-state index in [0.717, 1.165) is 27.9 Å². The Morgan fingerprint density at radius 3 is 2.96 bits per heavy atom. The summed E-state index contributed by atoms with van der Waals surface area (Å²) in [7, 11) is 1.62. The molecule has 0 radical (unpaired) electrons. The molecule has 118 valence electrons. The Hall–Kier alpha value is -3.33. The molecule has 0 aliphatic carbocycles. The van der Waals surface area contributed by atoms with Gasteiger partial charge in [-0.2, -0.15) is 4.68 Å². The van der Waals surface area contributed by atoms with Crippen LogP contribution >= 0.6 is 0 Å². The van der Waals surface area contributed by atoms with E-state index in [-0.39, 0.29) is 0 Å². The number of imidazole rings is 1. The third-order valence-corrected chi connectivity index (χ3v) is 3.94. The maximum atomic E-state index is 5.09. The van der Waals surface area contributed by atoms with Crippen molar-refractivity contribution in [1.82, 2.24) is 39.0 Å². The number of nitrogens with zero attached hydrogens (tertiary/aromatic N) is 8. The molecule has 0 spiro atoms. The van der Waals surface area contributed by atoms with Gasteiger partial charge in [0.05, 0.1) is 24.5 Å². The van der Waals surface area contributed by atoms with Gasteiger partial charge in [-0.3, -0.25) is 4.40 Å². The van der Waals surface area contributed by atoms with Crippen LogP contribution in [0.1, 0.15) is 5.69 Å². The van der Waals surface area contributed by atoms with Crippen molar-refractivity contribution in [2.24, 2.45) is 0 Å². The van der Waals surface area contributed by atoms with E-state index in [0.29, 0.717) is 12.6 Å². The van der Waals surface area contributed by atoms with Gasteiger partial charge in [-0.1, -0.05) is 17.3 Å². The summed E-state index contributed by atoms with van der Waals surface area (Å²) in [4.78, 5) is 4.27. The zero-order valence-electron chi connectivity index (χ0n) is 12.7. The van der Waals surface area contributed by atoms with Gasteiger partial charge in [0.15, 0.2) is 5.65 Å². The number of fused-ring (bicyclic) bond motifs is 6. The Bertz CT molecular complexity index is 1180. The summed E-state index contributed by atoms with van der Waals surface area (Å²) in [6.45, 7) is 0.391. The van der Waals surface area contributed by atoms with Crippen molar-refractivity contribution in [3.8, 4) is 5.95 Å². The van der Waals surface area contributed by atoms with E-state index < -0.39 is 0 Å². The van der Waals surface area contributed by atoms with E-state index in [1.165, 1.54) is 0 Å². The normalized spacial score (nSPS) is 11.9. The minimum absolute atomic E-state index is 0.391. The van der Waals surface area contributed by atoms with Gasteiger partial charge in [0, 0.05) is 12.5 Å². The fraction of sp³-hybridized carbons (Fsp3) is 0.133. The highest BCUT2D eigenvalue weighted by molar-refractivity contribution is 5.94. The topological polar surface area (TPSA) is 87.4 Å². The van der Waals surface area contributed by atoms with E-state index in [4.69, 9.17) is 4.74 Å². The number of aromatic nitrogens is 8. The molecule has 5 aromatic rings. The van der Waals surface area contributed by atoms with Crippen molar-refractivity contribution >= 4 is 22.2 Å². The van der Waals surface area contributed by atoms with E-state index in [2.05, 4.69) is 25.5 Å². The van der Waals surface area contributed by atoms with Crippen molar-refractivity contribution in [2.75, 3.05) is 7.11 Å². The van der Waals surface area contributed by atoms with Crippen LogP contribution in [0.4, 0.5) is 0 Å². The molecule has 4 heterocycles. The SMILES string of the molecule is COCc1cn(-c2nnc3c4ccccc4n4cncc4n23)nn1. The number of methoxy groups -OCH3 is 1. The lowest BCUT2D eigenvalue weighted by molar-refractivity contribution is 0.181. The second kappa shape index (κ2) is 4.83. The predicted molar refractivity (Wildman–Crippen MR) is 84.9 cm³/mol. The molecule has 9 heteroatoms. The van der Waals surface area contributed by atoms with Crippen molar-refractivity contribution < 1.29 is 4.74 Å². The number of ether oxygens (including phenoxy) is 1. The molecule has 0 fully saturated rings. The minimum Gasteiger partial charge on any atom is -0.378 e. The molecule has 0 unspecified atom stereocenters. The molecule has 1 aromatic carbocycles. The van der Waals surface area contributed by atoms with Crippen LogP contribution < -0.4 is 0 Å². The molecular formula is C15H12N8O. The Labute approximate surface area is 135 Å². The van der Waals surface area contributed by atoms with Gasteiger partial charge in [0.1, 0.15) is 17.7 Å². The fourth-order valence-corrected chi connectivity index (χ4v) is 2.93. The first-order valence-corrected chi connectivity index (χ1v) is 7.35. The van der Waals surface area contributed by atoms with Crippen LogP contribution in [0.15, 0.2) is 43.0 Å². The number of para-hydroxylation sites is 1. The van der Waals surface area contributed by atoms with Crippen LogP contribution in [0.5, 0.6) is 0 Å². The largest absolute Gasteiger partial charge is 0.378 e. The summed E-state index contributed by atoms with van der Waals surface area (Å²) in [6.07, 6.45) is 5.33. The number of rotatable bonds is 3. The highest BCUT2D eigenvalue weighted by Gasteiger charge is 2.16. The summed E-state index contributed by atoms with van der Waals surface area (Å²) in [5.41, 5.74) is 3.35. The lowest BCUT2D eigenvalue weighted by Crippen LogP contribution is -2.04. The molecule has 0 saturated heterocycles. The Morgan fingerprint density at radius 2 is 2.04 bits per heavy atom. The van der Waals surface area contributed by atoms with Crippen LogP contribution in [0.2, 0.25) is 0 Å². The third-order valence-electron chi connectivity index (χ3n) is 3.94. The first-order chi connectivity index (χ1) is 11.9. The second-order valence-corrected chi connectivity index (χ2v) is 5.39. The molecule has 0 saturated carbocycles. The van der Waals surface area contributed by atoms with Crippen LogP contribution in [0, 0.1) is 0 Å². The van der Waals surface area contributed by atoms with Crippen LogP contribution in [0.25, 0.3) is 28.1 Å². The highest BCUT2D eigenvalue weighted by atomic mass is 16.5. The summed E-state index contributed by atoms with van der Waals surface area (Å²) in [6, 6.07) is 8.01. The first-order valence-electron chi connectivity index (χ1n) is 7.35. The van der Waals surface area contributed by atoms with Gasteiger partial charge < -0.3 is 4.74 Å². The maximum absolute atomic E-state index is 5.09. The molecule has 4 aromatic heterocycles. The Morgan fingerprint density at radius 1 is 1.12 bits per heavy atom. The summed E-state index contributed by atoms with van der Waals surface area (Å²) in [5, 5.41) is 17.9. The standard InChI is InChI=1S/C15H12N8O/c1-24-8-10-7-22(20-17-10)15-19-18-14-11-4-2-3-5-12(11)21-9-16-6-13(21)23(14)15/h2-7,9H,8H2,1H3. The molecule has 9 nitrogen and oxygen atoms in total. The van der Waals surface area contributed by atoms with Crippen molar-refractivity contribution in [1.29, 1.82) is 0 Å². The van der Waals surface area contributed by atoms with Gasteiger partial charge in [-0.15, -0.1) is 15.3 Å². The van der Waals surface area contributed by atoms with E-state index >= 15 is 0 Å². The van der Waals surface area contributed by atoms with Crippen LogP contribution in [-0.2, 0) is 11.3 Å². The fourth-order valence-electron chi connectivity index (χ4n) is 2.93. The highest BCUT2D eigenvalue weighted by Crippen LogP contribution is 2.23. The van der Waals surface area contributed by atoms with Gasteiger partial charge in [0.25, 0.3) is 5.95 Å². The Kier molecular flexibility index (Phi) is 2.65. The summed E-state index contributed by atoms with van der Waals surface area (Å²) in [5.74, 6) is 0.552. The second-order valence-electron chi connectivity index (χ2n) is 5.39. The van der Waals surface area contributed by atoms with Crippen LogP contribution in [0.3, 0.4) is 0 Å². The number of benzene rings is 1. The lowest BCUT2D eigenvalue weighted by atomic mass is 10.2. The Balaban J connectivity index is 1.88. The molecule has 24 heavy (non-hydrogen) atoms. The van der Waals surface area contributed by atoms with E-state index in [1.807, 2.05) is 33.1 Å². The van der Waals surface area contributed by atoms with Crippen LogP contribution in [-0.4, -0.2) is 46.1 Å². The van der Waals surface area contributed by atoms with E-state index in [9.17, 15) is 0 Å². The quantitative estimate of drug-likeness (QED) is 0.497.